The van der Waals surface area contributed by atoms with Crippen LogP contribution in [0.5, 0.6) is 0 Å². The molecule has 0 spiro atoms. The van der Waals surface area contributed by atoms with Crippen LogP contribution in [0.2, 0.25) is 0 Å². The van der Waals surface area contributed by atoms with Crippen LogP contribution in [0, 0.1) is 6.92 Å². The van der Waals surface area contributed by atoms with Gasteiger partial charge in [-0.2, -0.15) is 4.98 Å². The summed E-state index contributed by atoms with van der Waals surface area (Å²) in [5, 5.41) is 4.76. The SMILES string of the molecule is Cc1cc(-c2nc(-c3ccc(C(C)C)cc3)no2)c(N)s1. The van der Waals surface area contributed by atoms with Crippen molar-refractivity contribution in [1.82, 2.24) is 10.1 Å². The molecule has 5 heteroatoms. The van der Waals surface area contributed by atoms with Crippen LogP contribution >= 0.6 is 11.3 Å². The van der Waals surface area contributed by atoms with Gasteiger partial charge < -0.3 is 10.3 Å². The minimum absolute atomic E-state index is 0.472. The Morgan fingerprint density at radius 3 is 2.48 bits per heavy atom. The highest BCUT2D eigenvalue weighted by Crippen LogP contribution is 2.33. The Labute approximate surface area is 127 Å². The number of nitrogen functional groups attached to an aromatic ring is 1. The van der Waals surface area contributed by atoms with E-state index >= 15 is 0 Å². The molecule has 108 valence electrons. The zero-order valence-electron chi connectivity index (χ0n) is 12.3. The highest BCUT2D eigenvalue weighted by molar-refractivity contribution is 7.16. The molecule has 0 unspecified atom stereocenters. The molecule has 4 nitrogen and oxygen atoms in total. The summed E-state index contributed by atoms with van der Waals surface area (Å²) in [6.45, 7) is 6.35. The first kappa shape index (κ1) is 13.8. The minimum atomic E-state index is 0.472. The predicted molar refractivity (Wildman–Crippen MR) is 86.3 cm³/mol. The fourth-order valence-electron chi connectivity index (χ4n) is 2.17. The van der Waals surface area contributed by atoms with Gasteiger partial charge in [0.25, 0.3) is 5.89 Å². The number of aromatic nitrogens is 2. The molecule has 2 aromatic heterocycles. The molecule has 0 saturated heterocycles. The van der Waals surface area contributed by atoms with Gasteiger partial charge in [-0.25, -0.2) is 0 Å². The van der Waals surface area contributed by atoms with E-state index in [9.17, 15) is 0 Å². The maximum Gasteiger partial charge on any atom is 0.261 e. The van der Waals surface area contributed by atoms with E-state index in [0.717, 1.165) is 16.0 Å². The Bertz CT molecular complexity index is 756. The minimum Gasteiger partial charge on any atom is -0.390 e. The van der Waals surface area contributed by atoms with E-state index in [1.54, 1.807) is 0 Å². The summed E-state index contributed by atoms with van der Waals surface area (Å²) in [7, 11) is 0. The van der Waals surface area contributed by atoms with E-state index in [4.69, 9.17) is 10.3 Å². The summed E-state index contributed by atoms with van der Waals surface area (Å²) in [6.07, 6.45) is 0. The molecule has 0 fully saturated rings. The summed E-state index contributed by atoms with van der Waals surface area (Å²) in [5.74, 6) is 1.57. The topological polar surface area (TPSA) is 64.9 Å². The van der Waals surface area contributed by atoms with Crippen LogP contribution < -0.4 is 5.73 Å². The van der Waals surface area contributed by atoms with Gasteiger partial charge in [0.1, 0.15) is 0 Å². The normalized spacial score (nSPS) is 11.2. The Morgan fingerprint density at radius 1 is 1.19 bits per heavy atom. The number of benzene rings is 1. The first-order valence-electron chi connectivity index (χ1n) is 6.85. The predicted octanol–water partition coefficient (Wildman–Crippen LogP) is 4.48. The van der Waals surface area contributed by atoms with Crippen molar-refractivity contribution in [3.8, 4) is 22.8 Å². The number of aryl methyl sites for hydroxylation is 1. The number of thiophene rings is 1. The molecular weight excluding hydrogens is 282 g/mol. The quantitative estimate of drug-likeness (QED) is 0.774. The van der Waals surface area contributed by atoms with Crippen LogP contribution in [0.15, 0.2) is 34.9 Å². The Morgan fingerprint density at radius 2 is 1.90 bits per heavy atom. The first-order valence-corrected chi connectivity index (χ1v) is 7.66. The first-order chi connectivity index (χ1) is 10.0. The molecule has 0 radical (unpaired) electrons. The number of nitrogens with two attached hydrogens (primary N) is 1. The van der Waals surface area contributed by atoms with E-state index in [1.165, 1.54) is 16.9 Å². The van der Waals surface area contributed by atoms with Crippen molar-refractivity contribution >= 4 is 16.3 Å². The molecule has 1 aromatic carbocycles. The third-order valence-corrected chi connectivity index (χ3v) is 4.26. The van der Waals surface area contributed by atoms with Crippen LogP contribution in [0.4, 0.5) is 5.00 Å². The molecule has 0 aliphatic carbocycles. The van der Waals surface area contributed by atoms with Gasteiger partial charge >= 0.3 is 0 Å². The van der Waals surface area contributed by atoms with Gasteiger partial charge in [-0.1, -0.05) is 43.3 Å². The van der Waals surface area contributed by atoms with Crippen molar-refractivity contribution < 1.29 is 4.52 Å². The van der Waals surface area contributed by atoms with Crippen molar-refractivity contribution in [2.75, 3.05) is 5.73 Å². The van der Waals surface area contributed by atoms with Crippen LogP contribution in [-0.2, 0) is 0 Å². The molecule has 0 aliphatic rings. The number of hydrogen-bond donors (Lipinski definition) is 1. The van der Waals surface area contributed by atoms with Gasteiger partial charge in [-0.05, 0) is 24.5 Å². The van der Waals surface area contributed by atoms with Crippen molar-refractivity contribution in [3.05, 3.63) is 40.8 Å². The van der Waals surface area contributed by atoms with Crippen molar-refractivity contribution in [2.24, 2.45) is 0 Å². The number of nitrogens with zero attached hydrogens (tertiary/aromatic N) is 2. The average Bonchev–Trinajstić information content (AvgIpc) is 3.05. The van der Waals surface area contributed by atoms with Gasteiger partial charge in [0.15, 0.2) is 0 Å². The van der Waals surface area contributed by atoms with E-state index < -0.39 is 0 Å². The van der Waals surface area contributed by atoms with E-state index in [1.807, 2.05) is 25.1 Å². The Kier molecular flexibility index (Phi) is 3.51. The highest BCUT2D eigenvalue weighted by atomic mass is 32.1. The number of hydrogen-bond acceptors (Lipinski definition) is 5. The average molecular weight is 299 g/mol. The largest absolute Gasteiger partial charge is 0.390 e. The van der Waals surface area contributed by atoms with Crippen molar-refractivity contribution in [2.45, 2.75) is 26.7 Å². The molecule has 0 amide bonds. The van der Waals surface area contributed by atoms with Crippen molar-refractivity contribution in [1.29, 1.82) is 0 Å². The zero-order valence-corrected chi connectivity index (χ0v) is 13.1. The molecular formula is C16H17N3OS. The molecule has 2 heterocycles. The lowest BCUT2D eigenvalue weighted by atomic mass is 10.0. The summed E-state index contributed by atoms with van der Waals surface area (Å²) in [6, 6.07) is 10.2. The molecule has 0 atom stereocenters. The van der Waals surface area contributed by atoms with Crippen molar-refractivity contribution in [3.63, 3.8) is 0 Å². The summed E-state index contributed by atoms with van der Waals surface area (Å²) >= 11 is 1.52. The maximum absolute atomic E-state index is 5.97. The molecule has 0 saturated carbocycles. The van der Waals surface area contributed by atoms with Gasteiger partial charge in [0.05, 0.1) is 10.6 Å². The van der Waals surface area contributed by atoms with Crippen LogP contribution in [0.1, 0.15) is 30.2 Å². The van der Waals surface area contributed by atoms with Crippen LogP contribution in [-0.4, -0.2) is 10.1 Å². The number of anilines is 1. The molecule has 3 rings (SSSR count). The van der Waals surface area contributed by atoms with Gasteiger partial charge in [-0.15, -0.1) is 11.3 Å². The molecule has 0 aliphatic heterocycles. The van der Waals surface area contributed by atoms with Crippen LogP contribution in [0.3, 0.4) is 0 Å². The second kappa shape index (κ2) is 5.33. The van der Waals surface area contributed by atoms with Crippen LogP contribution in [0.25, 0.3) is 22.8 Å². The van der Waals surface area contributed by atoms with Gasteiger partial charge in [-0.3, -0.25) is 0 Å². The third-order valence-electron chi connectivity index (χ3n) is 3.38. The highest BCUT2D eigenvalue weighted by Gasteiger charge is 2.15. The lowest BCUT2D eigenvalue weighted by Gasteiger charge is -2.04. The Balaban J connectivity index is 1.93. The maximum atomic E-state index is 5.97. The third kappa shape index (κ3) is 2.69. The second-order valence-corrected chi connectivity index (χ2v) is 6.62. The smallest absolute Gasteiger partial charge is 0.261 e. The Hall–Kier alpha value is -2.14. The van der Waals surface area contributed by atoms with E-state index in [-0.39, 0.29) is 0 Å². The summed E-state index contributed by atoms with van der Waals surface area (Å²) < 4.78 is 5.34. The second-order valence-electron chi connectivity index (χ2n) is 5.33. The summed E-state index contributed by atoms with van der Waals surface area (Å²) in [5.41, 5.74) is 9.02. The monoisotopic (exact) mass is 299 g/mol. The number of rotatable bonds is 3. The summed E-state index contributed by atoms with van der Waals surface area (Å²) in [4.78, 5) is 5.58. The van der Waals surface area contributed by atoms with Gasteiger partial charge in [0.2, 0.25) is 5.82 Å². The molecule has 0 bridgehead atoms. The standard InChI is InChI=1S/C16H17N3OS/c1-9(2)11-4-6-12(7-5-11)15-18-16(20-19-15)13-8-10(3)21-14(13)17/h4-9H,17H2,1-3H3. The van der Waals surface area contributed by atoms with E-state index in [2.05, 4.69) is 36.1 Å². The van der Waals surface area contributed by atoms with Gasteiger partial charge in [0, 0.05) is 10.4 Å². The lowest BCUT2D eigenvalue weighted by Crippen LogP contribution is -1.88. The molecule has 2 N–H and O–H groups in total. The fourth-order valence-corrected chi connectivity index (χ4v) is 2.95. The van der Waals surface area contributed by atoms with E-state index in [0.29, 0.717) is 22.6 Å². The molecule has 3 aromatic rings. The molecule has 21 heavy (non-hydrogen) atoms. The lowest BCUT2D eigenvalue weighted by molar-refractivity contribution is 0.432. The zero-order chi connectivity index (χ0) is 15.0. The fraction of sp³-hybridized carbons (Fsp3) is 0.250.